The normalized spacial score (nSPS) is 17.6. The molecule has 1 aliphatic heterocycles. The van der Waals surface area contributed by atoms with Crippen LogP contribution in [0.4, 0.5) is 4.79 Å². The van der Waals surface area contributed by atoms with Gasteiger partial charge in [0.15, 0.2) is 0 Å². The molecule has 92 valence electrons. The SMILES string of the molecule is CC(C)C1(c2cccnc2OC(=O)O)COC1. The second kappa shape index (κ2) is 4.33. The van der Waals surface area contributed by atoms with Gasteiger partial charge in [0.25, 0.3) is 0 Å². The first kappa shape index (κ1) is 11.9. The van der Waals surface area contributed by atoms with Crippen molar-refractivity contribution in [3.8, 4) is 5.88 Å². The molecule has 0 spiro atoms. The molecular weight excluding hydrogens is 222 g/mol. The molecule has 0 aliphatic carbocycles. The van der Waals surface area contributed by atoms with Crippen molar-refractivity contribution in [1.82, 2.24) is 4.98 Å². The fourth-order valence-corrected chi connectivity index (χ4v) is 2.06. The molecule has 0 amide bonds. The maximum atomic E-state index is 10.6. The first-order chi connectivity index (χ1) is 8.06. The van der Waals surface area contributed by atoms with Gasteiger partial charge in [0, 0.05) is 17.2 Å². The average molecular weight is 237 g/mol. The predicted molar refractivity (Wildman–Crippen MR) is 60.2 cm³/mol. The van der Waals surface area contributed by atoms with Crippen LogP contribution in [0.5, 0.6) is 5.88 Å². The van der Waals surface area contributed by atoms with Crippen LogP contribution >= 0.6 is 0 Å². The highest BCUT2D eigenvalue weighted by molar-refractivity contribution is 5.61. The minimum atomic E-state index is -1.34. The Kier molecular flexibility index (Phi) is 3.02. The van der Waals surface area contributed by atoms with E-state index in [1.807, 2.05) is 6.07 Å². The summed E-state index contributed by atoms with van der Waals surface area (Å²) in [5.41, 5.74) is 0.627. The Bertz CT molecular complexity index is 426. The lowest BCUT2D eigenvalue weighted by molar-refractivity contribution is -0.0847. The molecule has 0 saturated carbocycles. The van der Waals surface area contributed by atoms with Gasteiger partial charge < -0.3 is 14.6 Å². The number of aromatic nitrogens is 1. The maximum absolute atomic E-state index is 10.6. The third-order valence-electron chi connectivity index (χ3n) is 3.32. The van der Waals surface area contributed by atoms with E-state index in [0.717, 1.165) is 5.56 Å². The summed E-state index contributed by atoms with van der Waals surface area (Å²) in [6, 6.07) is 3.64. The molecule has 1 aliphatic rings. The van der Waals surface area contributed by atoms with Crippen LogP contribution in [0, 0.1) is 5.92 Å². The van der Waals surface area contributed by atoms with Crippen molar-refractivity contribution in [3.05, 3.63) is 23.9 Å². The predicted octanol–water partition coefficient (Wildman–Crippen LogP) is 2.06. The monoisotopic (exact) mass is 237 g/mol. The highest BCUT2D eigenvalue weighted by Crippen LogP contribution is 2.42. The van der Waals surface area contributed by atoms with E-state index in [-0.39, 0.29) is 11.3 Å². The van der Waals surface area contributed by atoms with Gasteiger partial charge in [-0.05, 0) is 12.0 Å². The van der Waals surface area contributed by atoms with Crippen LogP contribution in [0.25, 0.3) is 0 Å². The lowest BCUT2D eigenvalue weighted by Gasteiger charge is -2.45. The van der Waals surface area contributed by atoms with Crippen LogP contribution in [0.3, 0.4) is 0 Å². The molecule has 1 fully saturated rings. The average Bonchev–Trinajstić information content (AvgIpc) is 2.17. The molecule has 0 unspecified atom stereocenters. The van der Waals surface area contributed by atoms with E-state index in [1.165, 1.54) is 6.20 Å². The quantitative estimate of drug-likeness (QED) is 0.815. The van der Waals surface area contributed by atoms with Gasteiger partial charge in [0.2, 0.25) is 5.88 Å². The van der Waals surface area contributed by atoms with Crippen LogP contribution in [-0.2, 0) is 10.2 Å². The molecule has 5 nitrogen and oxygen atoms in total. The molecule has 1 aromatic rings. The molecule has 2 heterocycles. The number of pyridine rings is 1. The first-order valence-corrected chi connectivity index (χ1v) is 5.50. The van der Waals surface area contributed by atoms with E-state index in [2.05, 4.69) is 18.8 Å². The second-order valence-corrected chi connectivity index (χ2v) is 4.53. The van der Waals surface area contributed by atoms with Gasteiger partial charge >= 0.3 is 6.16 Å². The number of nitrogens with zero attached hydrogens (tertiary/aromatic N) is 1. The van der Waals surface area contributed by atoms with Crippen molar-refractivity contribution in [2.75, 3.05) is 13.2 Å². The largest absolute Gasteiger partial charge is 0.512 e. The number of hydrogen-bond donors (Lipinski definition) is 1. The molecule has 5 heteroatoms. The summed E-state index contributed by atoms with van der Waals surface area (Å²) in [4.78, 5) is 14.6. The highest BCUT2D eigenvalue weighted by atomic mass is 16.7. The number of carbonyl (C=O) groups is 1. The summed E-state index contributed by atoms with van der Waals surface area (Å²) in [6.45, 7) is 5.32. The molecular formula is C12H15NO4. The Morgan fingerprint density at radius 3 is 2.76 bits per heavy atom. The van der Waals surface area contributed by atoms with Crippen LogP contribution < -0.4 is 4.74 Å². The lowest BCUT2D eigenvalue weighted by Crippen LogP contribution is -2.51. The van der Waals surface area contributed by atoms with E-state index in [4.69, 9.17) is 14.6 Å². The Morgan fingerprint density at radius 1 is 1.59 bits per heavy atom. The van der Waals surface area contributed by atoms with E-state index < -0.39 is 6.16 Å². The molecule has 0 bridgehead atoms. The van der Waals surface area contributed by atoms with E-state index in [1.54, 1.807) is 6.07 Å². The molecule has 0 atom stereocenters. The standard InChI is InChI=1S/C12H15NO4/c1-8(2)12(6-16-7-12)9-4-3-5-13-10(9)17-11(14)15/h3-5,8H,6-7H2,1-2H3,(H,14,15). The molecule has 1 N–H and O–H groups in total. The number of hydrogen-bond acceptors (Lipinski definition) is 4. The van der Waals surface area contributed by atoms with Gasteiger partial charge in [-0.15, -0.1) is 0 Å². The van der Waals surface area contributed by atoms with Crippen LogP contribution in [-0.4, -0.2) is 29.5 Å². The zero-order valence-electron chi connectivity index (χ0n) is 9.84. The van der Waals surface area contributed by atoms with E-state index in [9.17, 15) is 4.79 Å². The fraction of sp³-hybridized carbons (Fsp3) is 0.500. The number of carboxylic acid groups (broad SMARTS) is 1. The van der Waals surface area contributed by atoms with Gasteiger partial charge in [0.1, 0.15) is 0 Å². The van der Waals surface area contributed by atoms with Crippen molar-refractivity contribution in [1.29, 1.82) is 0 Å². The summed E-state index contributed by atoms with van der Waals surface area (Å²) < 4.78 is 10.0. The number of ether oxygens (including phenoxy) is 2. The molecule has 1 saturated heterocycles. The van der Waals surface area contributed by atoms with Crippen LogP contribution in [0.2, 0.25) is 0 Å². The van der Waals surface area contributed by atoms with Gasteiger partial charge in [-0.1, -0.05) is 19.9 Å². The third kappa shape index (κ3) is 1.98. The minimum absolute atomic E-state index is 0.164. The number of rotatable bonds is 3. The van der Waals surface area contributed by atoms with Gasteiger partial charge in [-0.25, -0.2) is 9.78 Å². The second-order valence-electron chi connectivity index (χ2n) is 4.53. The molecule has 1 aromatic heterocycles. The van der Waals surface area contributed by atoms with Gasteiger partial charge in [-0.3, -0.25) is 0 Å². The summed E-state index contributed by atoms with van der Waals surface area (Å²) in [6.07, 6.45) is 0.180. The Labute approximate surface area is 99.4 Å². The minimum Gasteiger partial charge on any atom is -0.449 e. The third-order valence-corrected chi connectivity index (χ3v) is 3.32. The van der Waals surface area contributed by atoms with Crippen molar-refractivity contribution >= 4 is 6.16 Å². The first-order valence-electron chi connectivity index (χ1n) is 5.50. The van der Waals surface area contributed by atoms with E-state index >= 15 is 0 Å². The Morgan fingerprint density at radius 2 is 2.29 bits per heavy atom. The molecule has 2 rings (SSSR count). The summed E-state index contributed by atoms with van der Waals surface area (Å²) in [5.74, 6) is 0.494. The smallest absolute Gasteiger partial charge is 0.449 e. The zero-order valence-corrected chi connectivity index (χ0v) is 9.84. The summed E-state index contributed by atoms with van der Waals surface area (Å²) in [7, 11) is 0. The zero-order chi connectivity index (χ0) is 12.5. The molecule has 0 aromatic carbocycles. The van der Waals surface area contributed by atoms with E-state index in [0.29, 0.717) is 19.1 Å². The topological polar surface area (TPSA) is 68.7 Å². The molecule has 17 heavy (non-hydrogen) atoms. The van der Waals surface area contributed by atoms with Crippen LogP contribution in [0.15, 0.2) is 18.3 Å². The van der Waals surface area contributed by atoms with Gasteiger partial charge in [0.05, 0.1) is 13.2 Å². The maximum Gasteiger partial charge on any atom is 0.512 e. The molecule has 0 radical (unpaired) electrons. The van der Waals surface area contributed by atoms with Crippen molar-refractivity contribution in [2.24, 2.45) is 5.92 Å². The Balaban J connectivity index is 2.40. The van der Waals surface area contributed by atoms with Crippen LogP contribution in [0.1, 0.15) is 19.4 Å². The van der Waals surface area contributed by atoms with Crippen molar-refractivity contribution in [2.45, 2.75) is 19.3 Å². The lowest BCUT2D eigenvalue weighted by atomic mass is 9.70. The van der Waals surface area contributed by atoms with Gasteiger partial charge in [-0.2, -0.15) is 0 Å². The summed E-state index contributed by atoms with van der Waals surface area (Å²) in [5, 5.41) is 8.69. The Hall–Kier alpha value is -1.62. The summed E-state index contributed by atoms with van der Waals surface area (Å²) >= 11 is 0. The fourth-order valence-electron chi connectivity index (χ4n) is 2.06. The van der Waals surface area contributed by atoms with Crippen molar-refractivity contribution < 1.29 is 19.4 Å². The van der Waals surface area contributed by atoms with Crippen molar-refractivity contribution in [3.63, 3.8) is 0 Å². The highest BCUT2D eigenvalue weighted by Gasteiger charge is 2.45.